The van der Waals surface area contributed by atoms with Gasteiger partial charge in [0.25, 0.3) is 0 Å². The Kier molecular flexibility index (Phi) is 9.97. The zero-order valence-electron chi connectivity index (χ0n) is 38.0. The molecule has 324 valence electrons. The molecule has 13 rings (SSSR count). The second kappa shape index (κ2) is 16.9. The van der Waals surface area contributed by atoms with Crippen LogP contribution in [0, 0.1) is 0 Å². The van der Waals surface area contributed by atoms with E-state index in [0.717, 1.165) is 5.69 Å². The molecule has 0 amide bonds. The van der Waals surface area contributed by atoms with Crippen molar-refractivity contribution in [2.24, 2.45) is 0 Å². The molecule has 0 atom stereocenters. The number of benzene rings is 10. The van der Waals surface area contributed by atoms with Crippen molar-refractivity contribution in [1.29, 1.82) is 0 Å². The minimum Gasteiger partial charge on any atom is -0.309 e. The molecular formula is C66H50N2. The Labute approximate surface area is 398 Å². The molecule has 0 spiro atoms. The van der Waals surface area contributed by atoms with Gasteiger partial charge >= 0.3 is 0 Å². The predicted octanol–water partition coefficient (Wildman–Crippen LogP) is 18.3. The van der Waals surface area contributed by atoms with Crippen LogP contribution < -0.4 is 0 Å². The standard InChI is InChI=1S/C66H50N2/c1-5-20-45(21-6-1)49-28-17-30-51(40-49)52-31-19-33-54(42-52)67-62-37-16-14-35-58(62)65-63(67)39-38-57-56-34-13-15-36-61(56)68(66(57)65)55-43-59(47-24-9-3-10-25-47)64(48-26-11-4-12-27-48)60(44-55)53-32-18-29-50(41-53)46-22-7-2-8-23-46/h1-3,5-10,13-25,28-44,48H,4,11-12,26-27H2. The highest BCUT2D eigenvalue weighted by atomic mass is 15.0. The molecule has 2 nitrogen and oxygen atoms in total. The third-order valence-corrected chi connectivity index (χ3v) is 14.7. The first-order chi connectivity index (χ1) is 33.7. The summed E-state index contributed by atoms with van der Waals surface area (Å²) in [4.78, 5) is 0. The molecule has 0 bridgehead atoms. The molecule has 68 heavy (non-hydrogen) atoms. The lowest BCUT2D eigenvalue weighted by Crippen LogP contribution is -2.09. The summed E-state index contributed by atoms with van der Waals surface area (Å²) in [6.45, 7) is 0. The molecule has 2 aromatic heterocycles. The highest BCUT2D eigenvalue weighted by Crippen LogP contribution is 2.48. The van der Waals surface area contributed by atoms with Gasteiger partial charge in [-0.1, -0.05) is 201 Å². The summed E-state index contributed by atoms with van der Waals surface area (Å²) in [5.41, 5.74) is 21.2. The first kappa shape index (κ1) is 40.1. The van der Waals surface area contributed by atoms with E-state index in [9.17, 15) is 0 Å². The van der Waals surface area contributed by atoms with Crippen molar-refractivity contribution in [3.63, 3.8) is 0 Å². The third-order valence-electron chi connectivity index (χ3n) is 14.7. The van der Waals surface area contributed by atoms with Gasteiger partial charge in [0.1, 0.15) is 0 Å². The summed E-state index contributed by atoms with van der Waals surface area (Å²) < 4.78 is 5.08. The molecular weight excluding hydrogens is 821 g/mol. The van der Waals surface area contributed by atoms with Crippen LogP contribution in [0.3, 0.4) is 0 Å². The lowest BCUT2D eigenvalue weighted by atomic mass is 9.77. The second-order valence-corrected chi connectivity index (χ2v) is 18.7. The average Bonchev–Trinajstić information content (AvgIpc) is 3.95. The first-order valence-electron chi connectivity index (χ1n) is 24.4. The number of nitrogens with zero attached hydrogens (tertiary/aromatic N) is 2. The maximum Gasteiger partial charge on any atom is 0.0641 e. The van der Waals surface area contributed by atoms with Crippen molar-refractivity contribution in [3.8, 4) is 67.0 Å². The Morgan fingerprint density at radius 1 is 0.294 bits per heavy atom. The summed E-state index contributed by atoms with van der Waals surface area (Å²) in [6, 6.07) is 87.9. The SMILES string of the molecule is c1ccc(-c2cccc(-c3cccc(-n4c5ccccc5c5c4ccc4c6ccccc6n(-c6cc(-c7ccccc7)c(C7CCCCC7)c(-c7cccc(-c8ccccc8)c7)c6)c45)c3)c2)cc1. The van der Waals surface area contributed by atoms with Crippen LogP contribution in [0.15, 0.2) is 237 Å². The van der Waals surface area contributed by atoms with E-state index in [1.54, 1.807) is 0 Å². The van der Waals surface area contributed by atoms with Crippen LogP contribution in [0.25, 0.3) is 111 Å². The molecule has 1 aliphatic rings. The quantitative estimate of drug-likeness (QED) is 0.144. The number of hydrogen-bond donors (Lipinski definition) is 0. The molecule has 0 radical (unpaired) electrons. The van der Waals surface area contributed by atoms with Crippen LogP contribution in [0.4, 0.5) is 0 Å². The second-order valence-electron chi connectivity index (χ2n) is 18.7. The van der Waals surface area contributed by atoms with Gasteiger partial charge in [0.05, 0.1) is 22.1 Å². The maximum absolute atomic E-state index is 2.59. The smallest absolute Gasteiger partial charge is 0.0641 e. The fourth-order valence-electron chi connectivity index (χ4n) is 11.6. The van der Waals surface area contributed by atoms with Gasteiger partial charge in [-0.2, -0.15) is 0 Å². The van der Waals surface area contributed by atoms with E-state index in [-0.39, 0.29) is 0 Å². The monoisotopic (exact) mass is 870 g/mol. The van der Waals surface area contributed by atoms with Gasteiger partial charge in [0, 0.05) is 32.9 Å². The minimum absolute atomic E-state index is 0.475. The lowest BCUT2D eigenvalue weighted by Gasteiger charge is -2.29. The van der Waals surface area contributed by atoms with E-state index in [1.807, 2.05) is 0 Å². The summed E-state index contributed by atoms with van der Waals surface area (Å²) in [6.07, 6.45) is 6.26. The van der Waals surface area contributed by atoms with Crippen LogP contribution >= 0.6 is 0 Å². The van der Waals surface area contributed by atoms with Crippen LogP contribution in [0.5, 0.6) is 0 Å². The van der Waals surface area contributed by atoms with Gasteiger partial charge in [0.2, 0.25) is 0 Å². The Morgan fingerprint density at radius 3 is 1.44 bits per heavy atom. The Hall–Kier alpha value is -8.20. The normalized spacial score (nSPS) is 13.2. The van der Waals surface area contributed by atoms with Crippen molar-refractivity contribution in [2.45, 2.75) is 38.0 Å². The summed E-state index contributed by atoms with van der Waals surface area (Å²) in [5, 5.41) is 5.02. The minimum atomic E-state index is 0.475. The van der Waals surface area contributed by atoms with E-state index in [4.69, 9.17) is 0 Å². The Balaban J connectivity index is 1.08. The topological polar surface area (TPSA) is 9.86 Å². The van der Waals surface area contributed by atoms with E-state index >= 15 is 0 Å². The third kappa shape index (κ3) is 6.87. The summed E-state index contributed by atoms with van der Waals surface area (Å²) in [5.74, 6) is 0.475. The van der Waals surface area contributed by atoms with Crippen molar-refractivity contribution in [1.82, 2.24) is 9.13 Å². The van der Waals surface area contributed by atoms with Crippen LogP contribution in [-0.4, -0.2) is 9.13 Å². The largest absolute Gasteiger partial charge is 0.309 e. The van der Waals surface area contributed by atoms with Crippen LogP contribution in [0.1, 0.15) is 43.6 Å². The molecule has 2 heteroatoms. The average molecular weight is 871 g/mol. The number of fused-ring (bicyclic) bond motifs is 7. The van der Waals surface area contributed by atoms with Gasteiger partial charge < -0.3 is 9.13 Å². The summed E-state index contributed by atoms with van der Waals surface area (Å²) >= 11 is 0. The fourth-order valence-corrected chi connectivity index (χ4v) is 11.6. The van der Waals surface area contributed by atoms with Gasteiger partial charge in [-0.25, -0.2) is 0 Å². The van der Waals surface area contributed by atoms with E-state index in [1.165, 1.54) is 143 Å². The lowest BCUT2D eigenvalue weighted by molar-refractivity contribution is 0.445. The Morgan fingerprint density at radius 2 is 0.779 bits per heavy atom. The van der Waals surface area contributed by atoms with Crippen molar-refractivity contribution >= 4 is 43.6 Å². The molecule has 0 unspecified atom stereocenters. The molecule has 1 aliphatic carbocycles. The van der Waals surface area contributed by atoms with Crippen LogP contribution in [-0.2, 0) is 0 Å². The highest BCUT2D eigenvalue weighted by Gasteiger charge is 2.27. The van der Waals surface area contributed by atoms with E-state index in [2.05, 4.69) is 246 Å². The number of hydrogen-bond acceptors (Lipinski definition) is 0. The number of para-hydroxylation sites is 2. The molecule has 0 saturated heterocycles. The van der Waals surface area contributed by atoms with E-state index in [0.29, 0.717) is 5.92 Å². The number of rotatable bonds is 8. The molecule has 10 aromatic carbocycles. The fraction of sp³-hybridized carbons (Fsp3) is 0.0909. The predicted molar refractivity (Wildman–Crippen MR) is 288 cm³/mol. The zero-order chi connectivity index (χ0) is 45.0. The molecule has 1 fully saturated rings. The molecule has 12 aromatic rings. The molecule has 2 heterocycles. The zero-order valence-corrected chi connectivity index (χ0v) is 38.0. The Bertz CT molecular complexity index is 3810. The number of aromatic nitrogens is 2. The summed E-state index contributed by atoms with van der Waals surface area (Å²) in [7, 11) is 0. The van der Waals surface area contributed by atoms with Gasteiger partial charge in [-0.05, 0) is 135 Å². The van der Waals surface area contributed by atoms with Crippen molar-refractivity contribution < 1.29 is 0 Å². The van der Waals surface area contributed by atoms with Gasteiger partial charge in [-0.3, -0.25) is 0 Å². The maximum atomic E-state index is 2.59. The van der Waals surface area contributed by atoms with Crippen molar-refractivity contribution in [3.05, 3.63) is 242 Å². The van der Waals surface area contributed by atoms with Crippen molar-refractivity contribution in [2.75, 3.05) is 0 Å². The molecule has 0 aliphatic heterocycles. The van der Waals surface area contributed by atoms with Crippen LogP contribution in [0.2, 0.25) is 0 Å². The molecule has 0 N–H and O–H groups in total. The van der Waals surface area contributed by atoms with Gasteiger partial charge in [-0.15, -0.1) is 0 Å². The highest BCUT2D eigenvalue weighted by molar-refractivity contribution is 6.26. The van der Waals surface area contributed by atoms with E-state index < -0.39 is 0 Å². The van der Waals surface area contributed by atoms with Gasteiger partial charge in [0.15, 0.2) is 0 Å². The first-order valence-corrected chi connectivity index (χ1v) is 24.4. The molecule has 1 saturated carbocycles.